The Morgan fingerprint density at radius 3 is 3.05 bits per heavy atom. The summed E-state index contributed by atoms with van der Waals surface area (Å²) in [5.74, 6) is -0.270. The topological polar surface area (TPSA) is 40.7 Å². The van der Waals surface area contributed by atoms with Gasteiger partial charge in [-0.3, -0.25) is 5.10 Å². The van der Waals surface area contributed by atoms with E-state index in [2.05, 4.69) is 15.5 Å². The Morgan fingerprint density at radius 1 is 1.26 bits per heavy atom. The number of fused-ring (bicyclic) bond motifs is 1. The van der Waals surface area contributed by atoms with Crippen molar-refractivity contribution in [3.63, 3.8) is 0 Å². The van der Waals surface area contributed by atoms with Gasteiger partial charge in [0.05, 0.1) is 17.4 Å². The molecule has 5 heteroatoms. The van der Waals surface area contributed by atoms with Gasteiger partial charge in [0.2, 0.25) is 0 Å². The molecule has 0 spiro atoms. The van der Waals surface area contributed by atoms with Gasteiger partial charge in [-0.05, 0) is 24.3 Å². The number of halogens is 2. The maximum absolute atomic E-state index is 13.6. The Hall–Kier alpha value is -2.07. The van der Waals surface area contributed by atoms with Crippen molar-refractivity contribution >= 4 is 28.2 Å². The van der Waals surface area contributed by atoms with Gasteiger partial charge in [0.15, 0.2) is 0 Å². The molecule has 1 aromatic heterocycles. The molecule has 3 aromatic rings. The number of para-hydroxylation sites is 1. The SMILES string of the molecule is Fc1ccc(Cl)cc1CNc1cccc2cn[nH]c12. The van der Waals surface area contributed by atoms with Crippen LogP contribution in [0.1, 0.15) is 5.56 Å². The van der Waals surface area contributed by atoms with E-state index in [0.29, 0.717) is 17.1 Å². The standard InChI is InChI=1S/C14H11ClFN3/c15-11-4-5-12(16)10(6-11)7-17-13-3-1-2-9-8-18-19-14(9)13/h1-6,8,17H,7H2,(H,18,19). The Balaban J connectivity index is 1.86. The van der Waals surface area contributed by atoms with Crippen LogP contribution in [0.2, 0.25) is 5.02 Å². The summed E-state index contributed by atoms with van der Waals surface area (Å²) >= 11 is 5.87. The molecule has 0 atom stereocenters. The fourth-order valence-corrected chi connectivity index (χ4v) is 2.18. The molecule has 0 unspecified atom stereocenters. The van der Waals surface area contributed by atoms with Crippen LogP contribution < -0.4 is 5.32 Å². The van der Waals surface area contributed by atoms with Crippen molar-refractivity contribution in [1.82, 2.24) is 10.2 Å². The van der Waals surface area contributed by atoms with Gasteiger partial charge in [-0.15, -0.1) is 0 Å². The summed E-state index contributed by atoms with van der Waals surface area (Å²) in [6.07, 6.45) is 1.75. The lowest BCUT2D eigenvalue weighted by Gasteiger charge is -2.08. The maximum atomic E-state index is 13.6. The van der Waals surface area contributed by atoms with Crippen molar-refractivity contribution in [2.75, 3.05) is 5.32 Å². The lowest BCUT2D eigenvalue weighted by atomic mass is 10.2. The van der Waals surface area contributed by atoms with E-state index in [1.807, 2.05) is 18.2 Å². The van der Waals surface area contributed by atoms with Gasteiger partial charge in [0.1, 0.15) is 5.82 Å². The van der Waals surface area contributed by atoms with E-state index in [-0.39, 0.29) is 5.82 Å². The molecule has 96 valence electrons. The Labute approximate surface area is 114 Å². The van der Waals surface area contributed by atoms with Crippen molar-refractivity contribution in [1.29, 1.82) is 0 Å². The fraction of sp³-hybridized carbons (Fsp3) is 0.0714. The second kappa shape index (κ2) is 4.90. The number of anilines is 1. The van der Waals surface area contributed by atoms with Crippen molar-refractivity contribution in [2.24, 2.45) is 0 Å². The van der Waals surface area contributed by atoms with Crippen molar-refractivity contribution in [2.45, 2.75) is 6.54 Å². The van der Waals surface area contributed by atoms with Gasteiger partial charge >= 0.3 is 0 Å². The van der Waals surface area contributed by atoms with Gasteiger partial charge in [0.25, 0.3) is 0 Å². The van der Waals surface area contributed by atoms with Gasteiger partial charge in [-0.2, -0.15) is 5.10 Å². The number of hydrogen-bond donors (Lipinski definition) is 2. The van der Waals surface area contributed by atoms with Gasteiger partial charge in [-0.25, -0.2) is 4.39 Å². The number of nitrogens with one attached hydrogen (secondary N) is 2. The highest BCUT2D eigenvalue weighted by Gasteiger charge is 2.05. The molecular formula is C14H11ClFN3. The molecule has 0 bridgehead atoms. The van der Waals surface area contributed by atoms with Crippen LogP contribution in [0.3, 0.4) is 0 Å². The second-order valence-electron chi connectivity index (χ2n) is 4.23. The van der Waals surface area contributed by atoms with Crippen LogP contribution in [0.25, 0.3) is 10.9 Å². The van der Waals surface area contributed by atoms with Crippen LogP contribution in [0, 0.1) is 5.82 Å². The minimum Gasteiger partial charge on any atom is -0.379 e. The first-order chi connectivity index (χ1) is 9.24. The van der Waals surface area contributed by atoms with Crippen molar-refractivity contribution in [3.8, 4) is 0 Å². The van der Waals surface area contributed by atoms with E-state index in [9.17, 15) is 4.39 Å². The number of aromatic nitrogens is 2. The molecule has 0 amide bonds. The predicted molar refractivity (Wildman–Crippen MR) is 74.8 cm³/mol. The van der Waals surface area contributed by atoms with Crippen molar-refractivity contribution in [3.05, 3.63) is 59.0 Å². The molecule has 2 N–H and O–H groups in total. The van der Waals surface area contributed by atoms with E-state index in [1.165, 1.54) is 12.1 Å². The summed E-state index contributed by atoms with van der Waals surface area (Å²) in [6, 6.07) is 10.3. The minimum absolute atomic E-state index is 0.270. The van der Waals surface area contributed by atoms with Gasteiger partial charge in [-0.1, -0.05) is 23.7 Å². The number of hydrogen-bond acceptors (Lipinski definition) is 2. The van der Waals surface area contributed by atoms with Gasteiger partial charge in [0, 0.05) is 22.5 Å². The van der Waals surface area contributed by atoms with Crippen LogP contribution >= 0.6 is 11.6 Å². The predicted octanol–water partition coefficient (Wildman–Crippen LogP) is 3.97. The Kier molecular flexibility index (Phi) is 3.09. The molecule has 0 aliphatic carbocycles. The highest BCUT2D eigenvalue weighted by atomic mass is 35.5. The molecule has 0 aliphatic rings. The fourth-order valence-electron chi connectivity index (χ4n) is 1.99. The first-order valence-electron chi connectivity index (χ1n) is 5.84. The maximum Gasteiger partial charge on any atom is 0.128 e. The summed E-state index contributed by atoms with van der Waals surface area (Å²) < 4.78 is 13.6. The van der Waals surface area contributed by atoms with E-state index in [4.69, 9.17) is 11.6 Å². The number of benzene rings is 2. The molecule has 3 rings (SSSR count). The third kappa shape index (κ3) is 2.39. The zero-order chi connectivity index (χ0) is 13.2. The quantitative estimate of drug-likeness (QED) is 0.759. The summed E-state index contributed by atoms with van der Waals surface area (Å²) in [7, 11) is 0. The molecule has 0 radical (unpaired) electrons. The first kappa shape index (κ1) is 12.0. The van der Waals surface area contributed by atoms with E-state index < -0.39 is 0 Å². The molecule has 2 aromatic carbocycles. The number of rotatable bonds is 3. The summed E-state index contributed by atoms with van der Waals surface area (Å²) in [5, 5.41) is 11.6. The van der Waals surface area contributed by atoms with Crippen LogP contribution in [-0.2, 0) is 6.54 Å². The minimum atomic E-state index is -0.270. The number of H-pyrrole nitrogens is 1. The zero-order valence-corrected chi connectivity index (χ0v) is 10.7. The monoisotopic (exact) mass is 275 g/mol. The lowest BCUT2D eigenvalue weighted by Crippen LogP contribution is -2.02. The molecule has 0 fully saturated rings. The smallest absolute Gasteiger partial charge is 0.128 e. The Bertz CT molecular complexity index is 724. The van der Waals surface area contributed by atoms with Crippen molar-refractivity contribution < 1.29 is 4.39 Å². The average Bonchev–Trinajstić information content (AvgIpc) is 2.88. The molecule has 0 aliphatic heterocycles. The molecule has 3 nitrogen and oxygen atoms in total. The third-order valence-electron chi connectivity index (χ3n) is 2.95. The summed E-state index contributed by atoms with van der Waals surface area (Å²) in [5.41, 5.74) is 2.32. The molecular weight excluding hydrogens is 265 g/mol. The summed E-state index contributed by atoms with van der Waals surface area (Å²) in [4.78, 5) is 0. The highest BCUT2D eigenvalue weighted by molar-refractivity contribution is 6.30. The molecule has 0 saturated heterocycles. The Morgan fingerprint density at radius 2 is 2.16 bits per heavy atom. The normalized spacial score (nSPS) is 10.8. The zero-order valence-electron chi connectivity index (χ0n) is 9.95. The van der Waals surface area contributed by atoms with Crippen LogP contribution in [0.4, 0.5) is 10.1 Å². The second-order valence-corrected chi connectivity index (χ2v) is 4.67. The molecule has 1 heterocycles. The number of nitrogens with zero attached hydrogens (tertiary/aromatic N) is 1. The summed E-state index contributed by atoms with van der Waals surface area (Å²) in [6.45, 7) is 0.366. The van der Waals surface area contributed by atoms with E-state index in [1.54, 1.807) is 12.3 Å². The van der Waals surface area contributed by atoms with Crippen LogP contribution in [-0.4, -0.2) is 10.2 Å². The van der Waals surface area contributed by atoms with Crippen LogP contribution in [0.5, 0.6) is 0 Å². The highest BCUT2D eigenvalue weighted by Crippen LogP contribution is 2.22. The van der Waals surface area contributed by atoms with E-state index >= 15 is 0 Å². The molecule has 0 saturated carbocycles. The molecule has 19 heavy (non-hydrogen) atoms. The lowest BCUT2D eigenvalue weighted by molar-refractivity contribution is 0.613. The average molecular weight is 276 g/mol. The third-order valence-corrected chi connectivity index (χ3v) is 3.19. The van der Waals surface area contributed by atoms with Crippen LogP contribution in [0.15, 0.2) is 42.6 Å². The largest absolute Gasteiger partial charge is 0.379 e. The van der Waals surface area contributed by atoms with E-state index in [0.717, 1.165) is 16.6 Å². The number of aromatic amines is 1. The van der Waals surface area contributed by atoms with Gasteiger partial charge < -0.3 is 5.32 Å². The first-order valence-corrected chi connectivity index (χ1v) is 6.22.